The molecule has 1 aliphatic heterocycles. The summed E-state index contributed by atoms with van der Waals surface area (Å²) in [7, 11) is 0. The van der Waals surface area contributed by atoms with E-state index in [0.29, 0.717) is 35.9 Å². The van der Waals surface area contributed by atoms with E-state index >= 15 is 0 Å². The summed E-state index contributed by atoms with van der Waals surface area (Å²) in [6.45, 7) is 0.377. The molecule has 3 N–H and O–H groups in total. The second-order valence-corrected chi connectivity index (χ2v) is 7.34. The van der Waals surface area contributed by atoms with Crippen LogP contribution in [-0.2, 0) is 11.3 Å². The molecule has 3 rings (SSSR count). The zero-order chi connectivity index (χ0) is 17.0. The highest BCUT2D eigenvalue weighted by molar-refractivity contribution is 7.99. The van der Waals surface area contributed by atoms with Crippen molar-refractivity contribution in [3.63, 3.8) is 0 Å². The van der Waals surface area contributed by atoms with E-state index < -0.39 is 11.4 Å². The van der Waals surface area contributed by atoms with Crippen molar-refractivity contribution in [2.75, 3.05) is 11.5 Å². The van der Waals surface area contributed by atoms with Crippen molar-refractivity contribution in [1.29, 1.82) is 0 Å². The quantitative estimate of drug-likeness (QED) is 0.556. The SMILES string of the molecule is O=C(NO)C1(NCc2cc(-c3cccc(Cl)c3)on2)CCSCC1. The summed E-state index contributed by atoms with van der Waals surface area (Å²) >= 11 is 7.79. The topological polar surface area (TPSA) is 87.4 Å². The Kier molecular flexibility index (Phi) is 5.45. The first-order valence-electron chi connectivity index (χ1n) is 7.62. The number of amides is 1. The van der Waals surface area contributed by atoms with Crippen LogP contribution in [0.5, 0.6) is 0 Å². The predicted octanol–water partition coefficient (Wildman–Crippen LogP) is 2.86. The lowest BCUT2D eigenvalue weighted by atomic mass is 9.91. The molecule has 1 aromatic carbocycles. The fourth-order valence-corrected chi connectivity index (χ4v) is 4.12. The van der Waals surface area contributed by atoms with Gasteiger partial charge in [0.15, 0.2) is 5.76 Å². The number of halogens is 1. The van der Waals surface area contributed by atoms with E-state index in [9.17, 15) is 4.79 Å². The Morgan fingerprint density at radius 1 is 1.38 bits per heavy atom. The largest absolute Gasteiger partial charge is 0.356 e. The van der Waals surface area contributed by atoms with Crippen LogP contribution in [0.3, 0.4) is 0 Å². The highest BCUT2D eigenvalue weighted by Gasteiger charge is 2.39. The molecule has 128 valence electrons. The average Bonchev–Trinajstić information content (AvgIpc) is 3.09. The van der Waals surface area contributed by atoms with Gasteiger partial charge in [-0.25, -0.2) is 5.48 Å². The Morgan fingerprint density at radius 3 is 2.88 bits per heavy atom. The van der Waals surface area contributed by atoms with Crippen molar-refractivity contribution in [2.45, 2.75) is 24.9 Å². The maximum Gasteiger partial charge on any atom is 0.263 e. The maximum atomic E-state index is 12.1. The Hall–Kier alpha value is -1.54. The summed E-state index contributed by atoms with van der Waals surface area (Å²) in [5, 5.41) is 16.9. The summed E-state index contributed by atoms with van der Waals surface area (Å²) in [6.07, 6.45) is 1.31. The summed E-state index contributed by atoms with van der Waals surface area (Å²) in [5.41, 5.74) is 2.54. The molecule has 0 aliphatic carbocycles. The zero-order valence-corrected chi connectivity index (χ0v) is 14.5. The fraction of sp³-hybridized carbons (Fsp3) is 0.375. The molecule has 24 heavy (non-hydrogen) atoms. The third-order valence-corrected chi connectivity index (χ3v) is 5.38. The number of aromatic nitrogens is 1. The zero-order valence-electron chi connectivity index (χ0n) is 12.9. The van der Waals surface area contributed by atoms with Crippen molar-refractivity contribution in [1.82, 2.24) is 16.0 Å². The monoisotopic (exact) mass is 367 g/mol. The highest BCUT2D eigenvalue weighted by Crippen LogP contribution is 2.28. The lowest BCUT2D eigenvalue weighted by Crippen LogP contribution is -2.58. The van der Waals surface area contributed by atoms with Gasteiger partial charge in [0.25, 0.3) is 5.91 Å². The highest BCUT2D eigenvalue weighted by atomic mass is 35.5. The molecule has 8 heteroatoms. The molecule has 0 unspecified atom stereocenters. The minimum atomic E-state index is -0.769. The molecule has 6 nitrogen and oxygen atoms in total. The van der Waals surface area contributed by atoms with Crippen LogP contribution in [0.15, 0.2) is 34.9 Å². The molecule has 0 atom stereocenters. The van der Waals surface area contributed by atoms with Crippen molar-refractivity contribution >= 4 is 29.3 Å². The third-order valence-electron chi connectivity index (χ3n) is 4.16. The van der Waals surface area contributed by atoms with Crippen molar-refractivity contribution in [2.24, 2.45) is 0 Å². The number of hydroxylamine groups is 1. The molecule has 1 aliphatic rings. The smallest absolute Gasteiger partial charge is 0.263 e. The first-order valence-corrected chi connectivity index (χ1v) is 9.15. The number of carbonyl (C=O) groups excluding carboxylic acids is 1. The van der Waals surface area contributed by atoms with Crippen LogP contribution in [-0.4, -0.2) is 33.3 Å². The molecular formula is C16H18ClN3O3S. The van der Waals surface area contributed by atoms with Crippen LogP contribution in [0.2, 0.25) is 5.02 Å². The molecule has 1 saturated heterocycles. The second kappa shape index (κ2) is 7.57. The van der Waals surface area contributed by atoms with Crippen LogP contribution >= 0.6 is 23.4 Å². The van der Waals surface area contributed by atoms with Gasteiger partial charge in [0.1, 0.15) is 5.54 Å². The minimum absolute atomic E-state index is 0.377. The van der Waals surface area contributed by atoms with Gasteiger partial charge in [0, 0.05) is 23.2 Å². The number of nitrogens with one attached hydrogen (secondary N) is 2. The number of hydrogen-bond donors (Lipinski definition) is 3. The third kappa shape index (κ3) is 3.75. The number of hydrogen-bond acceptors (Lipinski definition) is 6. The summed E-state index contributed by atoms with van der Waals surface area (Å²) in [4.78, 5) is 12.1. The van der Waals surface area contributed by atoms with Gasteiger partial charge >= 0.3 is 0 Å². The number of benzene rings is 1. The minimum Gasteiger partial charge on any atom is -0.356 e. The second-order valence-electron chi connectivity index (χ2n) is 5.68. The molecule has 1 fully saturated rings. The molecule has 1 amide bonds. The molecule has 0 bridgehead atoms. The van der Waals surface area contributed by atoms with Crippen LogP contribution < -0.4 is 10.8 Å². The van der Waals surface area contributed by atoms with Crippen molar-refractivity contribution < 1.29 is 14.5 Å². The summed E-state index contributed by atoms with van der Waals surface area (Å²) in [5.74, 6) is 1.95. The van der Waals surface area contributed by atoms with Gasteiger partial charge < -0.3 is 4.52 Å². The lowest BCUT2D eigenvalue weighted by Gasteiger charge is -2.35. The molecule has 2 aromatic rings. The van der Waals surface area contributed by atoms with Crippen LogP contribution in [0.4, 0.5) is 0 Å². The summed E-state index contributed by atoms with van der Waals surface area (Å²) < 4.78 is 5.36. The van der Waals surface area contributed by atoms with Crippen molar-refractivity contribution in [3.8, 4) is 11.3 Å². The summed E-state index contributed by atoms with van der Waals surface area (Å²) in [6, 6.07) is 9.16. The average molecular weight is 368 g/mol. The molecule has 0 radical (unpaired) electrons. The van der Waals surface area contributed by atoms with Crippen LogP contribution in [0.1, 0.15) is 18.5 Å². The molecule has 0 spiro atoms. The van der Waals surface area contributed by atoms with E-state index in [1.54, 1.807) is 29.4 Å². The van der Waals surface area contributed by atoms with E-state index in [1.807, 2.05) is 18.2 Å². The van der Waals surface area contributed by atoms with Gasteiger partial charge in [-0.1, -0.05) is 28.9 Å². The normalized spacial score (nSPS) is 16.8. The number of thioether (sulfide) groups is 1. The maximum absolute atomic E-state index is 12.1. The van der Waals surface area contributed by atoms with Crippen LogP contribution in [0, 0.1) is 0 Å². The Balaban J connectivity index is 1.71. The Bertz CT molecular complexity index is 716. The van der Waals surface area contributed by atoms with Gasteiger partial charge in [-0.05, 0) is 36.5 Å². The number of rotatable bonds is 5. The van der Waals surface area contributed by atoms with E-state index in [1.165, 1.54) is 0 Å². The van der Waals surface area contributed by atoms with Gasteiger partial charge in [-0.2, -0.15) is 11.8 Å². The van der Waals surface area contributed by atoms with Gasteiger partial charge in [-0.15, -0.1) is 0 Å². The van der Waals surface area contributed by atoms with E-state index in [-0.39, 0.29) is 0 Å². The van der Waals surface area contributed by atoms with E-state index in [0.717, 1.165) is 17.1 Å². The Labute approximate surface area is 148 Å². The fourth-order valence-electron chi connectivity index (χ4n) is 2.74. The lowest BCUT2D eigenvalue weighted by molar-refractivity contribution is -0.136. The standard InChI is InChI=1S/C16H18ClN3O3S/c17-12-3-1-2-11(8-12)14-9-13(20-23-14)10-18-16(15(21)19-22)4-6-24-7-5-16/h1-3,8-9,18,22H,4-7,10H2,(H,19,21). The van der Waals surface area contributed by atoms with Gasteiger partial charge in [-0.3, -0.25) is 15.3 Å². The van der Waals surface area contributed by atoms with Crippen LogP contribution in [0.25, 0.3) is 11.3 Å². The first kappa shape index (κ1) is 17.3. The molecule has 1 aromatic heterocycles. The van der Waals surface area contributed by atoms with Gasteiger partial charge in [0.05, 0.1) is 5.69 Å². The van der Waals surface area contributed by atoms with E-state index in [4.69, 9.17) is 21.3 Å². The van der Waals surface area contributed by atoms with Crippen molar-refractivity contribution in [3.05, 3.63) is 41.0 Å². The number of carbonyl (C=O) groups is 1. The van der Waals surface area contributed by atoms with Gasteiger partial charge in [0.2, 0.25) is 0 Å². The number of nitrogens with zero attached hydrogens (tertiary/aromatic N) is 1. The van der Waals surface area contributed by atoms with E-state index in [2.05, 4.69) is 10.5 Å². The molecular weight excluding hydrogens is 350 g/mol. The first-order chi connectivity index (χ1) is 11.6. The molecule has 0 saturated carbocycles. The Morgan fingerprint density at radius 2 is 2.17 bits per heavy atom. The predicted molar refractivity (Wildman–Crippen MR) is 93.0 cm³/mol. The molecule has 2 heterocycles.